The normalized spacial score (nSPS) is 11.0. The molecule has 3 nitrogen and oxygen atoms in total. The molecule has 0 saturated heterocycles. The lowest BCUT2D eigenvalue weighted by Crippen LogP contribution is -2.13. The lowest BCUT2D eigenvalue weighted by Gasteiger charge is -2.14. The molecule has 0 bridgehead atoms. The van der Waals surface area contributed by atoms with Crippen molar-refractivity contribution in [3.63, 3.8) is 0 Å². The van der Waals surface area contributed by atoms with Crippen LogP contribution >= 0.6 is 0 Å². The molecule has 108 valence electrons. The zero-order chi connectivity index (χ0) is 15.3. The van der Waals surface area contributed by atoms with Gasteiger partial charge in [0, 0.05) is 0 Å². The Balaban J connectivity index is 3.27. The van der Waals surface area contributed by atoms with Gasteiger partial charge in [-0.05, 0) is 36.6 Å². The Hall–Kier alpha value is -2.03. The number of ether oxygens (including phenoxy) is 1. The summed E-state index contributed by atoms with van der Waals surface area (Å²) < 4.78 is 43.2. The number of carbonyl (C=O) groups excluding carboxylic acids is 1. The van der Waals surface area contributed by atoms with Gasteiger partial charge in [-0.1, -0.05) is 6.92 Å². The summed E-state index contributed by atoms with van der Waals surface area (Å²) in [6, 6.07) is 3.59. The van der Waals surface area contributed by atoms with E-state index >= 15 is 0 Å². The van der Waals surface area contributed by atoms with E-state index < -0.39 is 23.3 Å². The Morgan fingerprint density at radius 2 is 1.95 bits per heavy atom. The van der Waals surface area contributed by atoms with Gasteiger partial charge in [0.2, 0.25) is 0 Å². The van der Waals surface area contributed by atoms with Gasteiger partial charge in [0.15, 0.2) is 0 Å². The number of alkyl halides is 3. The van der Waals surface area contributed by atoms with Crippen molar-refractivity contribution in [2.45, 2.75) is 32.9 Å². The highest BCUT2D eigenvalue weighted by Gasteiger charge is 2.34. The third-order valence-corrected chi connectivity index (χ3v) is 2.79. The van der Waals surface area contributed by atoms with Crippen molar-refractivity contribution < 1.29 is 22.7 Å². The lowest BCUT2D eigenvalue weighted by molar-refractivity contribution is -0.142. The van der Waals surface area contributed by atoms with Crippen LogP contribution in [0.4, 0.5) is 13.2 Å². The largest absolute Gasteiger partial charge is 0.466 e. The highest BCUT2D eigenvalue weighted by molar-refractivity contribution is 5.73. The first-order valence-corrected chi connectivity index (χ1v) is 6.12. The maximum Gasteiger partial charge on any atom is 0.417 e. The molecule has 1 aromatic carbocycles. The summed E-state index contributed by atoms with van der Waals surface area (Å²) in [6.45, 7) is 3.54. The van der Waals surface area contributed by atoms with Crippen molar-refractivity contribution in [1.29, 1.82) is 5.26 Å². The number of nitriles is 1. The Bertz CT molecular complexity index is 545. The first-order chi connectivity index (χ1) is 9.33. The Morgan fingerprint density at radius 3 is 2.40 bits per heavy atom. The van der Waals surface area contributed by atoms with Crippen molar-refractivity contribution in [3.05, 3.63) is 34.4 Å². The molecule has 0 N–H and O–H groups in total. The number of hydrogen-bond acceptors (Lipinski definition) is 3. The molecule has 0 aliphatic carbocycles. The average Bonchev–Trinajstić information content (AvgIpc) is 2.37. The van der Waals surface area contributed by atoms with Gasteiger partial charge in [-0.15, -0.1) is 0 Å². The molecule has 6 heteroatoms. The van der Waals surface area contributed by atoms with Crippen LogP contribution in [0.3, 0.4) is 0 Å². The van der Waals surface area contributed by atoms with Crippen LogP contribution in [0.2, 0.25) is 0 Å². The maximum absolute atomic E-state index is 12.8. The topological polar surface area (TPSA) is 50.1 Å². The first-order valence-electron chi connectivity index (χ1n) is 6.12. The first kappa shape index (κ1) is 16.0. The third kappa shape index (κ3) is 3.73. The van der Waals surface area contributed by atoms with Gasteiger partial charge in [-0.25, -0.2) is 0 Å². The standard InChI is InChI=1S/C14H14F3NO2/c1-3-9-6-12(14(15,16)17)11(8-18)5-10(9)7-13(19)20-4-2/h5-6H,3-4,7H2,1-2H3. The average molecular weight is 285 g/mol. The van der Waals surface area contributed by atoms with Gasteiger partial charge in [-0.2, -0.15) is 18.4 Å². The van der Waals surface area contributed by atoms with Crippen molar-refractivity contribution >= 4 is 5.97 Å². The van der Waals surface area contributed by atoms with Crippen LogP contribution in [0.15, 0.2) is 12.1 Å². The van der Waals surface area contributed by atoms with Crippen LogP contribution in [0.1, 0.15) is 36.1 Å². The second kappa shape index (κ2) is 6.42. The Morgan fingerprint density at radius 1 is 1.30 bits per heavy atom. The molecule has 0 aliphatic heterocycles. The summed E-state index contributed by atoms with van der Waals surface area (Å²) in [5, 5.41) is 8.84. The van der Waals surface area contributed by atoms with Gasteiger partial charge < -0.3 is 4.74 Å². The summed E-state index contributed by atoms with van der Waals surface area (Å²) in [6.07, 6.45) is -4.38. The van der Waals surface area contributed by atoms with Crippen molar-refractivity contribution in [1.82, 2.24) is 0 Å². The van der Waals surface area contributed by atoms with Crippen LogP contribution in [0.25, 0.3) is 0 Å². The summed E-state index contributed by atoms with van der Waals surface area (Å²) >= 11 is 0. The molecule has 0 amide bonds. The van der Waals surface area contributed by atoms with Gasteiger partial charge >= 0.3 is 12.1 Å². The molecule has 0 heterocycles. The molecule has 0 unspecified atom stereocenters. The van der Waals surface area contributed by atoms with Crippen molar-refractivity contribution in [2.24, 2.45) is 0 Å². The SMILES string of the molecule is CCOC(=O)Cc1cc(C#N)c(C(F)(F)F)cc1CC. The number of halogens is 3. The summed E-state index contributed by atoms with van der Waals surface area (Å²) in [4.78, 5) is 11.4. The third-order valence-electron chi connectivity index (χ3n) is 2.79. The quantitative estimate of drug-likeness (QED) is 0.798. The fraction of sp³-hybridized carbons (Fsp3) is 0.429. The Kier molecular flexibility index (Phi) is 5.14. The highest BCUT2D eigenvalue weighted by atomic mass is 19.4. The smallest absolute Gasteiger partial charge is 0.417 e. The molecule has 0 aromatic heterocycles. The maximum atomic E-state index is 12.8. The number of hydrogen-bond donors (Lipinski definition) is 0. The van der Waals surface area contributed by atoms with Gasteiger partial charge in [0.05, 0.1) is 30.2 Å². The van der Waals surface area contributed by atoms with E-state index in [0.29, 0.717) is 17.5 Å². The molecule has 0 fully saturated rings. The zero-order valence-corrected chi connectivity index (χ0v) is 11.2. The molecule has 20 heavy (non-hydrogen) atoms. The van der Waals surface area contributed by atoms with Crippen LogP contribution in [0.5, 0.6) is 0 Å². The predicted molar refractivity (Wildman–Crippen MR) is 65.9 cm³/mol. The molecule has 0 aliphatic rings. The second-order valence-corrected chi connectivity index (χ2v) is 4.11. The van der Waals surface area contributed by atoms with Crippen molar-refractivity contribution in [3.8, 4) is 6.07 Å². The molecule has 1 rings (SSSR count). The van der Waals surface area contributed by atoms with E-state index in [4.69, 9.17) is 10.00 Å². The monoisotopic (exact) mass is 285 g/mol. The van der Waals surface area contributed by atoms with Crippen LogP contribution in [0, 0.1) is 11.3 Å². The van der Waals surface area contributed by atoms with E-state index in [1.165, 1.54) is 6.07 Å². The van der Waals surface area contributed by atoms with Crippen LogP contribution < -0.4 is 0 Å². The second-order valence-electron chi connectivity index (χ2n) is 4.11. The zero-order valence-electron chi connectivity index (χ0n) is 11.2. The van der Waals surface area contributed by atoms with Crippen molar-refractivity contribution in [2.75, 3.05) is 6.61 Å². The molecule has 1 aromatic rings. The van der Waals surface area contributed by atoms with Gasteiger partial charge in [0.1, 0.15) is 0 Å². The van der Waals surface area contributed by atoms with E-state index in [1.54, 1.807) is 13.8 Å². The van der Waals surface area contributed by atoms with Gasteiger partial charge in [0.25, 0.3) is 0 Å². The number of aryl methyl sites for hydroxylation is 1. The van der Waals surface area contributed by atoms with E-state index in [0.717, 1.165) is 12.1 Å². The number of rotatable bonds is 4. The molecular weight excluding hydrogens is 271 g/mol. The lowest BCUT2D eigenvalue weighted by atomic mass is 9.95. The molecule has 0 radical (unpaired) electrons. The van der Waals surface area contributed by atoms with E-state index in [9.17, 15) is 18.0 Å². The fourth-order valence-electron chi connectivity index (χ4n) is 1.88. The number of benzene rings is 1. The number of nitrogens with zero attached hydrogens (tertiary/aromatic N) is 1. The minimum atomic E-state index is -4.59. The molecule has 0 atom stereocenters. The summed E-state index contributed by atoms with van der Waals surface area (Å²) in [5.41, 5.74) is -0.654. The molecular formula is C14H14F3NO2. The van der Waals surface area contributed by atoms with E-state index in [1.807, 2.05) is 0 Å². The minimum absolute atomic E-state index is 0.135. The number of carbonyl (C=O) groups is 1. The Labute approximate surface area is 115 Å². The summed E-state index contributed by atoms with van der Waals surface area (Å²) in [7, 11) is 0. The fourth-order valence-corrected chi connectivity index (χ4v) is 1.88. The molecule has 0 spiro atoms. The summed E-state index contributed by atoms with van der Waals surface area (Å²) in [5.74, 6) is -0.522. The van der Waals surface area contributed by atoms with Crippen LogP contribution in [-0.2, 0) is 28.5 Å². The predicted octanol–water partition coefficient (Wildman–Crippen LogP) is 3.25. The minimum Gasteiger partial charge on any atom is -0.466 e. The van der Waals surface area contributed by atoms with E-state index in [-0.39, 0.29) is 13.0 Å². The van der Waals surface area contributed by atoms with E-state index in [2.05, 4.69) is 0 Å². The molecule has 0 saturated carbocycles. The van der Waals surface area contributed by atoms with Gasteiger partial charge in [-0.3, -0.25) is 4.79 Å². The number of esters is 1. The highest BCUT2D eigenvalue weighted by Crippen LogP contribution is 2.33. The van der Waals surface area contributed by atoms with Crippen LogP contribution in [-0.4, -0.2) is 12.6 Å².